The van der Waals surface area contributed by atoms with Crippen LogP contribution >= 0.6 is 0 Å². The van der Waals surface area contributed by atoms with Crippen LogP contribution < -0.4 is 10.1 Å². The Morgan fingerprint density at radius 3 is 1.96 bits per heavy atom. The van der Waals surface area contributed by atoms with E-state index in [2.05, 4.69) is 5.32 Å². The highest BCUT2D eigenvalue weighted by molar-refractivity contribution is 7.90. The molecule has 1 N–H and O–H groups in total. The van der Waals surface area contributed by atoms with Gasteiger partial charge in [0.2, 0.25) is 0 Å². The fourth-order valence-corrected chi connectivity index (χ4v) is 2.48. The second kappa shape index (κ2) is 7.46. The van der Waals surface area contributed by atoms with Crippen molar-refractivity contribution in [2.24, 2.45) is 0 Å². The van der Waals surface area contributed by atoms with Crippen molar-refractivity contribution in [1.29, 1.82) is 0 Å². The number of methoxy groups -OCH3 is 1. The van der Waals surface area contributed by atoms with E-state index in [1.54, 1.807) is 43.3 Å². The zero-order valence-corrected chi connectivity index (χ0v) is 14.5. The van der Waals surface area contributed by atoms with Gasteiger partial charge in [0, 0.05) is 19.1 Å². The molecule has 0 aliphatic rings. The highest BCUT2D eigenvalue weighted by atomic mass is 32.2. The van der Waals surface area contributed by atoms with Crippen molar-refractivity contribution >= 4 is 21.4 Å². The van der Waals surface area contributed by atoms with Crippen molar-refractivity contribution in [2.45, 2.75) is 17.9 Å². The van der Waals surface area contributed by atoms with Crippen molar-refractivity contribution in [2.75, 3.05) is 18.7 Å². The quantitative estimate of drug-likeness (QED) is 0.867. The lowest BCUT2D eigenvalue weighted by molar-refractivity contribution is -0.124. The van der Waals surface area contributed by atoms with Gasteiger partial charge in [0.15, 0.2) is 9.84 Å². The molecule has 0 aliphatic heterocycles. The lowest BCUT2D eigenvalue weighted by Crippen LogP contribution is -2.26. The largest absolute Gasteiger partial charge is 0.457 e. The number of amides is 1. The monoisotopic (exact) mass is 349 g/mol. The second-order valence-corrected chi connectivity index (χ2v) is 7.25. The number of rotatable bonds is 6. The summed E-state index contributed by atoms with van der Waals surface area (Å²) in [4.78, 5) is 12.0. The number of carbonyl (C=O) groups is 1. The Morgan fingerprint density at radius 2 is 1.50 bits per heavy atom. The molecule has 1 unspecified atom stereocenters. The molecule has 1 amide bonds. The van der Waals surface area contributed by atoms with Crippen LogP contribution in [0, 0.1) is 0 Å². The number of hydrogen-bond donors (Lipinski definition) is 1. The van der Waals surface area contributed by atoms with Crippen LogP contribution in [0.15, 0.2) is 53.4 Å². The number of ether oxygens (including phenoxy) is 2. The molecule has 0 radical (unpaired) electrons. The zero-order valence-electron chi connectivity index (χ0n) is 13.6. The average molecular weight is 349 g/mol. The van der Waals surface area contributed by atoms with Gasteiger partial charge < -0.3 is 14.8 Å². The van der Waals surface area contributed by atoms with Crippen molar-refractivity contribution in [1.82, 2.24) is 0 Å². The van der Waals surface area contributed by atoms with Gasteiger partial charge in [-0.25, -0.2) is 8.42 Å². The second-order valence-electron chi connectivity index (χ2n) is 5.24. The summed E-state index contributed by atoms with van der Waals surface area (Å²) in [5.74, 6) is 0.856. The summed E-state index contributed by atoms with van der Waals surface area (Å²) in [7, 11) is -1.76. The molecule has 0 heterocycles. The predicted octanol–water partition coefficient (Wildman–Crippen LogP) is 2.86. The predicted molar refractivity (Wildman–Crippen MR) is 91.2 cm³/mol. The Labute approximate surface area is 141 Å². The van der Waals surface area contributed by atoms with Crippen LogP contribution in [0.4, 0.5) is 5.69 Å². The van der Waals surface area contributed by atoms with Crippen LogP contribution in [-0.4, -0.2) is 33.8 Å². The van der Waals surface area contributed by atoms with E-state index in [-0.39, 0.29) is 10.8 Å². The van der Waals surface area contributed by atoms with E-state index in [1.165, 1.54) is 19.2 Å². The molecule has 128 valence electrons. The molecule has 2 aromatic carbocycles. The number of sulfone groups is 1. The molecule has 1 atom stereocenters. The standard InChI is InChI=1S/C17H19NO5S/c1-12(22-2)17(19)18-13-4-6-14(7-5-13)23-15-8-10-16(11-9-15)24(3,20)21/h4-12H,1-3H3,(H,18,19). The maximum atomic E-state index is 11.7. The third-order valence-corrected chi connectivity index (χ3v) is 4.46. The third-order valence-electron chi connectivity index (χ3n) is 3.33. The number of hydrogen-bond acceptors (Lipinski definition) is 5. The average Bonchev–Trinajstić information content (AvgIpc) is 2.55. The molecule has 0 spiro atoms. The number of nitrogens with one attached hydrogen (secondary N) is 1. The van der Waals surface area contributed by atoms with E-state index in [9.17, 15) is 13.2 Å². The Bertz CT molecular complexity index is 798. The summed E-state index contributed by atoms with van der Waals surface area (Å²) in [6, 6.07) is 13.0. The first kappa shape index (κ1) is 18.0. The van der Waals surface area contributed by atoms with Gasteiger partial charge >= 0.3 is 0 Å². The minimum Gasteiger partial charge on any atom is -0.457 e. The summed E-state index contributed by atoms with van der Waals surface area (Å²) in [5.41, 5.74) is 0.628. The van der Waals surface area contributed by atoms with Gasteiger partial charge in [-0.2, -0.15) is 0 Å². The molecule has 7 heteroatoms. The Morgan fingerprint density at radius 1 is 1.00 bits per heavy atom. The zero-order chi connectivity index (χ0) is 17.7. The maximum Gasteiger partial charge on any atom is 0.253 e. The molecule has 6 nitrogen and oxygen atoms in total. The molecule has 0 fully saturated rings. The molecule has 0 aliphatic carbocycles. The van der Waals surface area contributed by atoms with Crippen LogP contribution in [-0.2, 0) is 19.4 Å². The normalized spacial score (nSPS) is 12.5. The molecule has 24 heavy (non-hydrogen) atoms. The highest BCUT2D eigenvalue weighted by Gasteiger charge is 2.11. The topological polar surface area (TPSA) is 81.7 Å². The number of carbonyl (C=O) groups excluding carboxylic acids is 1. The molecule has 0 saturated carbocycles. The highest BCUT2D eigenvalue weighted by Crippen LogP contribution is 2.24. The van der Waals surface area contributed by atoms with Crippen LogP contribution in [0.5, 0.6) is 11.5 Å². The van der Waals surface area contributed by atoms with E-state index in [0.717, 1.165) is 6.26 Å². The van der Waals surface area contributed by atoms with Crippen molar-refractivity contribution < 1.29 is 22.7 Å². The Hall–Kier alpha value is -2.38. The van der Waals surface area contributed by atoms with Crippen LogP contribution in [0.25, 0.3) is 0 Å². The fraction of sp³-hybridized carbons (Fsp3) is 0.235. The van der Waals surface area contributed by atoms with E-state index in [1.807, 2.05) is 0 Å². The van der Waals surface area contributed by atoms with Crippen molar-refractivity contribution in [3.05, 3.63) is 48.5 Å². The van der Waals surface area contributed by atoms with E-state index in [4.69, 9.17) is 9.47 Å². The molecule has 0 aromatic heterocycles. The number of anilines is 1. The molecule has 2 rings (SSSR count). The summed E-state index contributed by atoms with van der Waals surface area (Å²) in [6.07, 6.45) is 0.620. The van der Waals surface area contributed by atoms with E-state index >= 15 is 0 Å². The van der Waals surface area contributed by atoms with Gasteiger partial charge in [0.25, 0.3) is 5.91 Å². The first-order chi connectivity index (χ1) is 11.3. The minimum atomic E-state index is -3.22. The molecule has 0 bridgehead atoms. The lowest BCUT2D eigenvalue weighted by Gasteiger charge is -2.11. The van der Waals surface area contributed by atoms with Gasteiger partial charge in [-0.15, -0.1) is 0 Å². The molecular formula is C17H19NO5S. The summed E-state index contributed by atoms with van der Waals surface area (Å²) >= 11 is 0. The molecule has 2 aromatic rings. The molecule has 0 saturated heterocycles. The minimum absolute atomic E-state index is 0.234. The molecular weight excluding hydrogens is 330 g/mol. The summed E-state index contributed by atoms with van der Waals surface area (Å²) < 4.78 is 33.4. The van der Waals surface area contributed by atoms with Crippen LogP contribution in [0.3, 0.4) is 0 Å². The maximum absolute atomic E-state index is 11.7. The van der Waals surface area contributed by atoms with Crippen LogP contribution in [0.1, 0.15) is 6.92 Å². The number of benzene rings is 2. The van der Waals surface area contributed by atoms with Gasteiger partial charge in [-0.1, -0.05) is 0 Å². The Kier molecular flexibility index (Phi) is 5.58. The van der Waals surface area contributed by atoms with E-state index < -0.39 is 15.9 Å². The van der Waals surface area contributed by atoms with Gasteiger partial charge in [0.05, 0.1) is 4.90 Å². The van der Waals surface area contributed by atoms with Crippen molar-refractivity contribution in [3.8, 4) is 11.5 Å². The van der Waals surface area contributed by atoms with E-state index in [0.29, 0.717) is 17.2 Å². The summed E-state index contributed by atoms with van der Waals surface area (Å²) in [6.45, 7) is 1.66. The van der Waals surface area contributed by atoms with Gasteiger partial charge in [-0.05, 0) is 55.5 Å². The lowest BCUT2D eigenvalue weighted by atomic mass is 10.2. The fourth-order valence-electron chi connectivity index (χ4n) is 1.85. The SMILES string of the molecule is COC(C)C(=O)Nc1ccc(Oc2ccc(S(C)(=O)=O)cc2)cc1. The first-order valence-electron chi connectivity index (χ1n) is 7.21. The van der Waals surface area contributed by atoms with Gasteiger partial charge in [0.1, 0.15) is 17.6 Å². The van der Waals surface area contributed by atoms with Crippen molar-refractivity contribution in [3.63, 3.8) is 0 Å². The summed E-state index contributed by atoms with van der Waals surface area (Å²) in [5, 5.41) is 2.72. The third kappa shape index (κ3) is 4.81. The Balaban J connectivity index is 2.02. The smallest absolute Gasteiger partial charge is 0.253 e. The van der Waals surface area contributed by atoms with Gasteiger partial charge in [-0.3, -0.25) is 4.79 Å². The van der Waals surface area contributed by atoms with Crippen LogP contribution in [0.2, 0.25) is 0 Å². The first-order valence-corrected chi connectivity index (χ1v) is 9.10.